The summed E-state index contributed by atoms with van der Waals surface area (Å²) in [7, 11) is -3.05. The van der Waals surface area contributed by atoms with Gasteiger partial charge in [-0.25, -0.2) is 9.78 Å². The first-order valence-electron chi connectivity index (χ1n) is 15.3. The number of hydrogen-bond acceptors (Lipinski definition) is 15. The number of carboxylic acid groups (broad SMARTS) is 2. The lowest BCUT2D eigenvalue weighted by Crippen LogP contribution is -2.76. The van der Waals surface area contributed by atoms with Gasteiger partial charge in [-0.05, 0) is 51.6 Å². The number of amides is 2. The molecule has 0 bridgehead atoms. The number of rotatable bonds is 15. The average Bonchev–Trinajstić information content (AvgIpc) is 3.63. The van der Waals surface area contributed by atoms with Crippen LogP contribution in [0.15, 0.2) is 40.9 Å². The van der Waals surface area contributed by atoms with E-state index in [-0.39, 0.29) is 10.8 Å². The van der Waals surface area contributed by atoms with Crippen molar-refractivity contribution in [1.29, 1.82) is 0 Å². The van der Waals surface area contributed by atoms with Gasteiger partial charge in [-0.3, -0.25) is 14.1 Å². The van der Waals surface area contributed by atoms with Crippen LogP contribution in [0.3, 0.4) is 0 Å². The van der Waals surface area contributed by atoms with Crippen molar-refractivity contribution in [2.24, 2.45) is 17.9 Å². The molecule has 0 spiro atoms. The molecule has 2 aromatic heterocycles. The zero-order valence-corrected chi connectivity index (χ0v) is 30.4. The molecule has 1 saturated heterocycles. The first kappa shape index (κ1) is 43.0. The molecule has 0 saturated carbocycles. The minimum absolute atomic E-state index is 0.0606. The highest BCUT2D eigenvalue weighted by atomic mass is 32.3. The molecule has 7 N–H and O–H groups in total. The summed E-state index contributed by atoms with van der Waals surface area (Å²) in [6, 6.07) is 7.74. The number of thiazole rings is 1. The number of carboxylic acids is 2. The highest BCUT2D eigenvalue weighted by molar-refractivity contribution is 7.80. The number of nitrogens with zero attached hydrogens (tertiary/aromatic N) is 5. The molecule has 0 radical (unpaired) electrons. The fraction of sp³-hybridized carbons (Fsp3) is 0.414. The minimum Gasteiger partial charge on any atom is -0.542 e. The number of carbonyl (C=O) groups is 4. The lowest BCUT2D eigenvalue weighted by Gasteiger charge is -2.50. The fourth-order valence-electron chi connectivity index (χ4n) is 4.64. The number of nitrogens with one attached hydrogen (secondary N) is 1. The number of alkyl halides is 3. The van der Waals surface area contributed by atoms with Crippen LogP contribution >= 0.6 is 11.3 Å². The quantitative estimate of drug-likeness (QED) is 0.0407. The number of ether oxygens (including phenoxy) is 1. The third kappa shape index (κ3) is 10.8. The summed E-state index contributed by atoms with van der Waals surface area (Å²) in [4.78, 5) is 55.7. The van der Waals surface area contributed by atoms with Gasteiger partial charge in [0.25, 0.3) is 17.9 Å². The Morgan fingerprint density at radius 3 is 2.33 bits per heavy atom. The number of aryl methyl sites for hydroxylation is 1. The zero-order chi connectivity index (χ0) is 40.8. The number of benzene rings is 1. The van der Waals surface area contributed by atoms with E-state index in [1.165, 1.54) is 19.2 Å². The molecule has 25 heteroatoms. The largest absolute Gasteiger partial charge is 0.542 e. The highest BCUT2D eigenvalue weighted by Gasteiger charge is 2.58. The minimum atomic E-state index is -5.19. The molecule has 2 atom stereocenters. The van der Waals surface area contributed by atoms with E-state index in [2.05, 4.69) is 24.4 Å². The van der Waals surface area contributed by atoms with Crippen LogP contribution in [0.5, 0.6) is 5.75 Å². The van der Waals surface area contributed by atoms with Crippen LogP contribution in [-0.4, -0.2) is 99.3 Å². The summed E-state index contributed by atoms with van der Waals surface area (Å²) in [6.45, 7) is 5.51. The number of nitrogens with two attached hydrogens (primary N) is 2. The standard InChI is InChI=1S/C27H34N8O10S2.C2HF3O2/c1-15-12-19(34(33(15)4)11-5-10-28)16-6-8-17(9-7-16)43-13-20(25(38)39)44-32-21(18-14-46-26(29)30-18)23(36)31-22-24(37)35(27(22,2)3)45-47(40,41)42;3-2(4,5)1(6)7/h6-9,12,14,20,22H,5,10-11,13,28H2,1-4H3,(H4-,29,30,31,36,38,39,40,41,42);(H,6,7). The Hall–Kier alpha value is -5.37. The van der Waals surface area contributed by atoms with E-state index in [0.717, 1.165) is 41.3 Å². The lowest BCUT2D eigenvalue weighted by atomic mass is 9.84. The summed E-state index contributed by atoms with van der Waals surface area (Å²) in [5.74, 6) is -6.12. The number of hydrogen-bond donors (Lipinski definition) is 5. The van der Waals surface area contributed by atoms with Crippen molar-refractivity contribution < 1.29 is 74.1 Å². The van der Waals surface area contributed by atoms with Crippen LogP contribution in [0.25, 0.3) is 11.3 Å². The average molecular weight is 809 g/mol. The molecule has 2 amide bonds. The van der Waals surface area contributed by atoms with Gasteiger partial charge in [0.2, 0.25) is 5.69 Å². The molecule has 54 heavy (non-hydrogen) atoms. The maximum atomic E-state index is 13.2. The summed E-state index contributed by atoms with van der Waals surface area (Å²) in [6.07, 6.45) is -6.07. The fourth-order valence-corrected chi connectivity index (χ4v) is 5.64. The zero-order valence-electron chi connectivity index (χ0n) is 28.8. The van der Waals surface area contributed by atoms with Crippen molar-refractivity contribution in [3.05, 3.63) is 47.1 Å². The second-order valence-corrected chi connectivity index (χ2v) is 13.6. The van der Waals surface area contributed by atoms with Gasteiger partial charge < -0.3 is 41.4 Å². The van der Waals surface area contributed by atoms with E-state index >= 15 is 0 Å². The molecule has 296 valence electrons. The predicted octanol–water partition coefficient (Wildman–Crippen LogP) is -0.933. The van der Waals surface area contributed by atoms with Crippen LogP contribution < -0.4 is 31.3 Å². The van der Waals surface area contributed by atoms with E-state index in [1.807, 2.05) is 36.9 Å². The summed E-state index contributed by atoms with van der Waals surface area (Å²) < 4.78 is 76.8. The molecular weight excluding hydrogens is 773 g/mol. The Morgan fingerprint density at radius 1 is 1.24 bits per heavy atom. The SMILES string of the molecule is Cc1cc(-c2ccc(OCC(ON=C(C(=O)NC3C(=O)N(OS(=O)(=O)O)C3(C)C)c3csc(N)n3)C(=O)O)cc2)[n+](CCCN)n1C.O=C([O-])C(F)(F)F. The monoisotopic (exact) mass is 808 g/mol. The van der Waals surface area contributed by atoms with Crippen molar-refractivity contribution in [2.45, 2.75) is 57.6 Å². The number of anilines is 1. The van der Waals surface area contributed by atoms with Gasteiger partial charge in [-0.1, -0.05) is 5.16 Å². The third-order valence-electron chi connectivity index (χ3n) is 7.50. The van der Waals surface area contributed by atoms with Crippen molar-refractivity contribution in [3.8, 4) is 17.0 Å². The summed E-state index contributed by atoms with van der Waals surface area (Å²) >= 11 is 0.961. The van der Waals surface area contributed by atoms with Gasteiger partial charge in [0.15, 0.2) is 17.4 Å². The Balaban J connectivity index is 0.00000102. The van der Waals surface area contributed by atoms with Gasteiger partial charge in [0.05, 0.1) is 18.3 Å². The first-order valence-corrected chi connectivity index (χ1v) is 17.5. The molecule has 2 unspecified atom stereocenters. The summed E-state index contributed by atoms with van der Waals surface area (Å²) in [5, 5.41) is 26.4. The van der Waals surface area contributed by atoms with Crippen LogP contribution in [0.2, 0.25) is 0 Å². The van der Waals surface area contributed by atoms with E-state index in [0.29, 0.717) is 17.4 Å². The second-order valence-electron chi connectivity index (χ2n) is 11.7. The van der Waals surface area contributed by atoms with Gasteiger partial charge in [0.1, 0.15) is 30.1 Å². The molecule has 1 aliphatic rings. The van der Waals surface area contributed by atoms with E-state index in [4.69, 9.17) is 35.5 Å². The van der Waals surface area contributed by atoms with E-state index < -0.39 is 70.3 Å². The smallest absolute Gasteiger partial charge is 0.430 e. The number of aromatic nitrogens is 3. The molecule has 1 aliphatic heterocycles. The molecule has 20 nitrogen and oxygen atoms in total. The van der Waals surface area contributed by atoms with Crippen molar-refractivity contribution >= 4 is 56.3 Å². The number of nitrogen functional groups attached to an aromatic ring is 1. The molecule has 1 fully saturated rings. The molecular formula is C29H35F3N8O12S2. The predicted molar refractivity (Wildman–Crippen MR) is 177 cm³/mol. The second kappa shape index (κ2) is 17.2. The molecule has 4 rings (SSSR count). The molecule has 0 aliphatic carbocycles. The number of halogens is 3. The number of β-lactam (4-membered cyclic amide) rings is 1. The summed E-state index contributed by atoms with van der Waals surface area (Å²) in [5.41, 5.74) is 12.3. The number of carbonyl (C=O) groups excluding carboxylic acids is 3. The maximum absolute atomic E-state index is 13.2. The Kier molecular flexibility index (Phi) is 13.7. The molecule has 1 aromatic carbocycles. The Morgan fingerprint density at radius 2 is 1.85 bits per heavy atom. The molecule has 3 heterocycles. The number of oxime groups is 1. The Bertz CT molecular complexity index is 2000. The van der Waals surface area contributed by atoms with Crippen LogP contribution in [0.4, 0.5) is 18.3 Å². The Labute approximate surface area is 308 Å². The van der Waals surface area contributed by atoms with Crippen LogP contribution in [0.1, 0.15) is 31.7 Å². The van der Waals surface area contributed by atoms with Gasteiger partial charge >= 0.3 is 22.5 Å². The third-order valence-corrected chi connectivity index (χ3v) is 8.51. The van der Waals surface area contributed by atoms with Crippen molar-refractivity contribution in [3.63, 3.8) is 0 Å². The van der Waals surface area contributed by atoms with Crippen LogP contribution in [-0.2, 0) is 52.3 Å². The van der Waals surface area contributed by atoms with Crippen LogP contribution in [0, 0.1) is 6.92 Å². The van der Waals surface area contributed by atoms with E-state index in [9.17, 15) is 41.1 Å². The van der Waals surface area contributed by atoms with Gasteiger partial charge in [-0.2, -0.15) is 31.3 Å². The maximum Gasteiger partial charge on any atom is 0.430 e. The van der Waals surface area contributed by atoms with Crippen molar-refractivity contribution in [1.82, 2.24) is 20.0 Å². The number of aliphatic carboxylic acids is 2. The normalized spacial score (nSPS) is 16.1. The van der Waals surface area contributed by atoms with E-state index in [1.54, 1.807) is 12.1 Å². The lowest BCUT2D eigenvalue weighted by molar-refractivity contribution is -0.764. The topological polar surface area (TPSA) is 295 Å². The van der Waals surface area contributed by atoms with Gasteiger partial charge in [-0.15, -0.1) is 20.3 Å². The van der Waals surface area contributed by atoms with Gasteiger partial charge in [0, 0.05) is 23.4 Å². The highest BCUT2D eigenvalue weighted by Crippen LogP contribution is 2.33. The number of hydroxylamine groups is 2. The molecule has 3 aromatic rings. The van der Waals surface area contributed by atoms with Crippen molar-refractivity contribution in [2.75, 3.05) is 18.9 Å². The first-order chi connectivity index (χ1) is 25.0.